The molecule has 0 aliphatic heterocycles. The summed E-state index contributed by atoms with van der Waals surface area (Å²) in [6.07, 6.45) is 10.9. The van der Waals surface area contributed by atoms with E-state index >= 15 is 0 Å². The molecular formula is C11H17N. The van der Waals surface area contributed by atoms with E-state index in [-0.39, 0.29) is 0 Å². The van der Waals surface area contributed by atoms with Crippen molar-refractivity contribution in [2.45, 2.75) is 26.7 Å². The number of hydrogen-bond acceptors (Lipinski definition) is 1. The fourth-order valence-corrected chi connectivity index (χ4v) is 1.20. The Bertz CT molecular complexity index is 221. The fraction of sp³-hybridized carbons (Fsp3) is 0.455. The molecular weight excluding hydrogens is 146 g/mol. The van der Waals surface area contributed by atoms with E-state index in [1.165, 1.54) is 17.7 Å². The number of nitrogens with one attached hydrogen (secondary N) is 1. The zero-order valence-electron chi connectivity index (χ0n) is 7.93. The summed E-state index contributed by atoms with van der Waals surface area (Å²) < 4.78 is 0. The van der Waals surface area contributed by atoms with Crippen LogP contribution in [0.3, 0.4) is 0 Å². The van der Waals surface area contributed by atoms with Crippen LogP contribution in [0, 0.1) is 0 Å². The Balaban J connectivity index is 2.56. The third kappa shape index (κ3) is 2.57. The lowest BCUT2D eigenvalue weighted by Gasteiger charge is -2.09. The predicted octanol–water partition coefficient (Wildman–Crippen LogP) is 2.78. The molecule has 1 aliphatic carbocycles. The van der Waals surface area contributed by atoms with Crippen molar-refractivity contribution in [2.24, 2.45) is 0 Å². The standard InChI is InChI=1S/C11H17N/c1-3-9-12-11-8-6-4-5-7-10(11)2/h4-5,7-8,12H,3,6,9H2,1-2H3. The van der Waals surface area contributed by atoms with Gasteiger partial charge in [-0.15, -0.1) is 0 Å². The Hall–Kier alpha value is -0.980. The van der Waals surface area contributed by atoms with Crippen molar-refractivity contribution in [2.75, 3.05) is 6.54 Å². The number of allylic oxidation sites excluding steroid dienone is 5. The Labute approximate surface area is 74.9 Å². The highest BCUT2D eigenvalue weighted by Crippen LogP contribution is 2.10. The molecule has 1 N–H and O–H groups in total. The van der Waals surface area contributed by atoms with Gasteiger partial charge in [-0.05, 0) is 25.3 Å². The third-order valence-electron chi connectivity index (χ3n) is 1.93. The molecule has 0 amide bonds. The molecule has 1 heteroatoms. The molecule has 0 aromatic carbocycles. The smallest absolute Gasteiger partial charge is 0.0332 e. The van der Waals surface area contributed by atoms with Crippen molar-refractivity contribution in [3.63, 3.8) is 0 Å². The van der Waals surface area contributed by atoms with Crippen LogP contribution in [0.1, 0.15) is 26.7 Å². The second kappa shape index (κ2) is 4.81. The highest BCUT2D eigenvalue weighted by Gasteiger charge is 1.98. The van der Waals surface area contributed by atoms with Crippen molar-refractivity contribution in [3.8, 4) is 0 Å². The normalized spacial score (nSPS) is 16.5. The second-order valence-corrected chi connectivity index (χ2v) is 3.06. The molecule has 12 heavy (non-hydrogen) atoms. The van der Waals surface area contributed by atoms with Gasteiger partial charge in [-0.3, -0.25) is 0 Å². The molecule has 0 saturated heterocycles. The topological polar surface area (TPSA) is 12.0 Å². The summed E-state index contributed by atoms with van der Waals surface area (Å²) in [7, 11) is 0. The molecule has 1 aliphatic rings. The van der Waals surface area contributed by atoms with Crippen molar-refractivity contribution in [1.82, 2.24) is 5.32 Å². The quantitative estimate of drug-likeness (QED) is 0.674. The van der Waals surface area contributed by atoms with E-state index in [2.05, 4.69) is 43.5 Å². The SMILES string of the molecule is CCCNC1=CCC=CC=C1C. The summed E-state index contributed by atoms with van der Waals surface area (Å²) in [4.78, 5) is 0. The maximum atomic E-state index is 3.41. The number of rotatable bonds is 3. The average Bonchev–Trinajstić information content (AvgIpc) is 2.27. The van der Waals surface area contributed by atoms with Gasteiger partial charge in [0.2, 0.25) is 0 Å². The van der Waals surface area contributed by atoms with Crippen LogP contribution in [0.4, 0.5) is 0 Å². The lowest BCUT2D eigenvalue weighted by molar-refractivity contribution is 0.773. The molecule has 0 aromatic heterocycles. The van der Waals surface area contributed by atoms with E-state index in [1.807, 2.05) is 0 Å². The van der Waals surface area contributed by atoms with E-state index in [0.29, 0.717) is 0 Å². The molecule has 0 aromatic rings. The second-order valence-electron chi connectivity index (χ2n) is 3.06. The molecule has 0 atom stereocenters. The monoisotopic (exact) mass is 163 g/mol. The lowest BCUT2D eigenvalue weighted by atomic mass is 10.2. The minimum Gasteiger partial charge on any atom is -0.385 e. The maximum Gasteiger partial charge on any atom is 0.0332 e. The van der Waals surface area contributed by atoms with Crippen LogP contribution in [0.2, 0.25) is 0 Å². The highest BCUT2D eigenvalue weighted by atomic mass is 14.9. The zero-order chi connectivity index (χ0) is 8.81. The summed E-state index contributed by atoms with van der Waals surface area (Å²) in [5.74, 6) is 0. The summed E-state index contributed by atoms with van der Waals surface area (Å²) >= 11 is 0. The van der Waals surface area contributed by atoms with Gasteiger partial charge in [0.05, 0.1) is 0 Å². The van der Waals surface area contributed by atoms with Crippen LogP contribution in [0.5, 0.6) is 0 Å². The Morgan fingerprint density at radius 2 is 2.33 bits per heavy atom. The summed E-state index contributed by atoms with van der Waals surface area (Å²) in [6.45, 7) is 5.39. The van der Waals surface area contributed by atoms with Crippen LogP contribution in [-0.4, -0.2) is 6.54 Å². The first kappa shape index (κ1) is 9.11. The molecule has 0 fully saturated rings. The fourth-order valence-electron chi connectivity index (χ4n) is 1.20. The summed E-state index contributed by atoms with van der Waals surface area (Å²) in [6, 6.07) is 0. The van der Waals surface area contributed by atoms with Gasteiger partial charge < -0.3 is 5.32 Å². The van der Waals surface area contributed by atoms with Gasteiger partial charge in [-0.2, -0.15) is 0 Å². The molecule has 1 rings (SSSR count). The van der Waals surface area contributed by atoms with Gasteiger partial charge >= 0.3 is 0 Å². The molecule has 1 nitrogen and oxygen atoms in total. The first-order chi connectivity index (χ1) is 5.84. The van der Waals surface area contributed by atoms with Gasteiger partial charge in [-0.1, -0.05) is 31.2 Å². The Morgan fingerprint density at radius 3 is 3.08 bits per heavy atom. The van der Waals surface area contributed by atoms with Crippen LogP contribution < -0.4 is 5.32 Å². The molecule has 0 unspecified atom stereocenters. The predicted molar refractivity (Wildman–Crippen MR) is 53.9 cm³/mol. The lowest BCUT2D eigenvalue weighted by Crippen LogP contribution is -2.14. The van der Waals surface area contributed by atoms with E-state index in [0.717, 1.165) is 13.0 Å². The van der Waals surface area contributed by atoms with Crippen molar-refractivity contribution in [3.05, 3.63) is 35.6 Å². The van der Waals surface area contributed by atoms with E-state index < -0.39 is 0 Å². The average molecular weight is 163 g/mol. The molecule has 0 saturated carbocycles. The number of hydrogen-bond donors (Lipinski definition) is 1. The minimum atomic E-state index is 1.04. The van der Waals surface area contributed by atoms with Gasteiger partial charge in [0.1, 0.15) is 0 Å². The molecule has 66 valence electrons. The maximum absolute atomic E-state index is 3.41. The van der Waals surface area contributed by atoms with E-state index in [1.54, 1.807) is 0 Å². The first-order valence-electron chi connectivity index (χ1n) is 4.62. The van der Waals surface area contributed by atoms with Crippen LogP contribution in [0.15, 0.2) is 35.6 Å². The van der Waals surface area contributed by atoms with Gasteiger partial charge in [0.25, 0.3) is 0 Å². The van der Waals surface area contributed by atoms with E-state index in [9.17, 15) is 0 Å². The third-order valence-corrected chi connectivity index (χ3v) is 1.93. The van der Waals surface area contributed by atoms with Crippen LogP contribution >= 0.6 is 0 Å². The van der Waals surface area contributed by atoms with Crippen molar-refractivity contribution in [1.29, 1.82) is 0 Å². The van der Waals surface area contributed by atoms with Gasteiger partial charge in [0, 0.05) is 12.2 Å². The first-order valence-corrected chi connectivity index (χ1v) is 4.62. The van der Waals surface area contributed by atoms with Crippen molar-refractivity contribution >= 4 is 0 Å². The molecule has 0 spiro atoms. The largest absolute Gasteiger partial charge is 0.385 e. The Morgan fingerprint density at radius 1 is 1.50 bits per heavy atom. The van der Waals surface area contributed by atoms with Gasteiger partial charge in [-0.25, -0.2) is 0 Å². The molecule has 0 heterocycles. The van der Waals surface area contributed by atoms with Crippen LogP contribution in [-0.2, 0) is 0 Å². The minimum absolute atomic E-state index is 1.04. The summed E-state index contributed by atoms with van der Waals surface area (Å²) in [5.41, 5.74) is 2.62. The Kier molecular flexibility index (Phi) is 3.65. The van der Waals surface area contributed by atoms with Crippen LogP contribution in [0.25, 0.3) is 0 Å². The molecule has 0 bridgehead atoms. The molecule has 0 radical (unpaired) electrons. The van der Waals surface area contributed by atoms with Crippen molar-refractivity contribution < 1.29 is 0 Å². The highest BCUT2D eigenvalue weighted by molar-refractivity contribution is 5.33. The van der Waals surface area contributed by atoms with E-state index in [4.69, 9.17) is 0 Å². The zero-order valence-corrected chi connectivity index (χ0v) is 7.93. The van der Waals surface area contributed by atoms with Gasteiger partial charge in [0.15, 0.2) is 0 Å². The summed E-state index contributed by atoms with van der Waals surface area (Å²) in [5, 5.41) is 3.41.